The maximum absolute atomic E-state index is 5.98. The van der Waals surface area contributed by atoms with E-state index in [0.717, 1.165) is 38.1 Å². The van der Waals surface area contributed by atoms with E-state index in [4.69, 9.17) is 14.7 Å². The van der Waals surface area contributed by atoms with Crippen LogP contribution >= 0.6 is 15.9 Å². The van der Waals surface area contributed by atoms with Gasteiger partial charge in [0.15, 0.2) is 5.72 Å². The topological polar surface area (TPSA) is 34.5 Å². The van der Waals surface area contributed by atoms with Gasteiger partial charge in [-0.05, 0) is 44.2 Å². The van der Waals surface area contributed by atoms with Crippen molar-refractivity contribution >= 4 is 32.5 Å². The van der Waals surface area contributed by atoms with E-state index in [9.17, 15) is 0 Å². The van der Waals surface area contributed by atoms with Gasteiger partial charge < -0.3 is 4.74 Å². The fourth-order valence-corrected chi connectivity index (χ4v) is 3.15. The zero-order chi connectivity index (χ0) is 16.0. The number of rotatable bonds is 1. The molecule has 2 aromatic carbocycles. The van der Waals surface area contributed by atoms with E-state index in [1.165, 1.54) is 0 Å². The molecule has 1 aliphatic heterocycles. The van der Waals surface area contributed by atoms with Crippen molar-refractivity contribution in [3.05, 3.63) is 70.3 Å². The van der Waals surface area contributed by atoms with Gasteiger partial charge in [-0.25, -0.2) is 9.98 Å². The Balaban J connectivity index is 1.94. The third kappa shape index (κ3) is 2.63. The normalized spacial score (nSPS) is 15.7. The Morgan fingerprint density at radius 2 is 1.83 bits per heavy atom. The van der Waals surface area contributed by atoms with E-state index in [2.05, 4.69) is 28.1 Å². The molecule has 0 saturated carbocycles. The summed E-state index contributed by atoms with van der Waals surface area (Å²) in [5, 5.41) is 1.12. The number of pyridine rings is 1. The van der Waals surface area contributed by atoms with Crippen LogP contribution in [0.3, 0.4) is 0 Å². The molecule has 0 radical (unpaired) electrons. The SMILES string of the molecule is CC1(C)N=C(c2ccc3ccccc3n2)c2cc(Br)ccc2O1. The maximum Gasteiger partial charge on any atom is 0.195 e. The highest BCUT2D eigenvalue weighted by Gasteiger charge is 2.29. The van der Waals surface area contributed by atoms with Crippen molar-refractivity contribution in [3.8, 4) is 5.75 Å². The molecule has 114 valence electrons. The molecular weight excluding hydrogens is 352 g/mol. The van der Waals surface area contributed by atoms with Crippen molar-refractivity contribution in [1.82, 2.24) is 4.98 Å². The summed E-state index contributed by atoms with van der Waals surface area (Å²) >= 11 is 3.53. The van der Waals surface area contributed by atoms with Crippen molar-refractivity contribution < 1.29 is 4.74 Å². The number of ether oxygens (including phenoxy) is 1. The van der Waals surface area contributed by atoms with Crippen LogP contribution in [-0.4, -0.2) is 16.4 Å². The number of aliphatic imine (C=N–C) groups is 1. The minimum atomic E-state index is -0.608. The van der Waals surface area contributed by atoms with E-state index < -0.39 is 5.72 Å². The van der Waals surface area contributed by atoms with Crippen LogP contribution in [0.25, 0.3) is 10.9 Å². The highest BCUT2D eigenvalue weighted by atomic mass is 79.9. The van der Waals surface area contributed by atoms with Gasteiger partial charge in [-0.15, -0.1) is 0 Å². The lowest BCUT2D eigenvalue weighted by Gasteiger charge is -2.30. The van der Waals surface area contributed by atoms with E-state index in [-0.39, 0.29) is 0 Å². The number of para-hydroxylation sites is 1. The molecule has 0 atom stereocenters. The summed E-state index contributed by atoms with van der Waals surface area (Å²) in [4.78, 5) is 9.58. The molecule has 23 heavy (non-hydrogen) atoms. The van der Waals surface area contributed by atoms with Crippen LogP contribution < -0.4 is 4.74 Å². The van der Waals surface area contributed by atoms with E-state index in [0.29, 0.717) is 0 Å². The Labute approximate surface area is 143 Å². The van der Waals surface area contributed by atoms with Gasteiger partial charge in [-0.1, -0.05) is 40.2 Å². The van der Waals surface area contributed by atoms with E-state index >= 15 is 0 Å². The molecule has 3 aromatic rings. The van der Waals surface area contributed by atoms with Crippen molar-refractivity contribution in [3.63, 3.8) is 0 Å². The lowest BCUT2D eigenvalue weighted by atomic mass is 10.0. The average molecular weight is 367 g/mol. The van der Waals surface area contributed by atoms with Crippen molar-refractivity contribution in [2.45, 2.75) is 19.6 Å². The molecule has 2 heterocycles. The molecule has 4 heteroatoms. The molecule has 4 rings (SSSR count). The zero-order valence-corrected chi connectivity index (χ0v) is 14.5. The van der Waals surface area contributed by atoms with Crippen molar-refractivity contribution in [1.29, 1.82) is 0 Å². The largest absolute Gasteiger partial charge is 0.466 e. The predicted molar refractivity (Wildman–Crippen MR) is 96.2 cm³/mol. The third-order valence-electron chi connectivity index (χ3n) is 3.78. The maximum atomic E-state index is 5.98. The Kier molecular flexibility index (Phi) is 3.23. The van der Waals surface area contributed by atoms with E-state index in [1.807, 2.05) is 56.3 Å². The molecule has 1 aliphatic rings. The number of hydrogen-bond donors (Lipinski definition) is 0. The highest BCUT2D eigenvalue weighted by molar-refractivity contribution is 9.10. The number of aromatic nitrogens is 1. The summed E-state index contributed by atoms with van der Waals surface area (Å²) in [6.07, 6.45) is 0. The Morgan fingerprint density at radius 3 is 2.70 bits per heavy atom. The monoisotopic (exact) mass is 366 g/mol. The molecule has 0 spiro atoms. The first-order chi connectivity index (χ1) is 11.0. The fraction of sp³-hybridized carbons (Fsp3) is 0.158. The second-order valence-electron chi connectivity index (χ2n) is 6.04. The quantitative estimate of drug-likeness (QED) is 0.609. The molecule has 0 amide bonds. The second kappa shape index (κ2) is 5.17. The molecule has 0 N–H and O–H groups in total. The van der Waals surface area contributed by atoms with Crippen LogP contribution in [0.5, 0.6) is 5.75 Å². The van der Waals surface area contributed by atoms with Crippen LogP contribution in [0, 0.1) is 0 Å². The molecule has 0 unspecified atom stereocenters. The summed E-state index contributed by atoms with van der Waals surface area (Å²) in [5.41, 5.74) is 3.04. The third-order valence-corrected chi connectivity index (χ3v) is 4.27. The first-order valence-corrected chi connectivity index (χ1v) is 8.26. The lowest BCUT2D eigenvalue weighted by molar-refractivity contribution is 0.115. The first kappa shape index (κ1) is 14.4. The van der Waals surface area contributed by atoms with Gasteiger partial charge in [-0.2, -0.15) is 0 Å². The van der Waals surface area contributed by atoms with E-state index in [1.54, 1.807) is 0 Å². The average Bonchev–Trinajstić information content (AvgIpc) is 2.53. The minimum absolute atomic E-state index is 0.608. The van der Waals surface area contributed by atoms with Gasteiger partial charge in [0.25, 0.3) is 0 Å². The summed E-state index contributed by atoms with van der Waals surface area (Å²) in [7, 11) is 0. The van der Waals surface area contributed by atoms with Crippen molar-refractivity contribution in [2.75, 3.05) is 0 Å². The first-order valence-electron chi connectivity index (χ1n) is 7.47. The van der Waals surface area contributed by atoms with Gasteiger partial charge in [-0.3, -0.25) is 0 Å². The van der Waals surface area contributed by atoms with Crippen LogP contribution in [-0.2, 0) is 0 Å². The van der Waals surface area contributed by atoms with Crippen molar-refractivity contribution in [2.24, 2.45) is 4.99 Å². The zero-order valence-electron chi connectivity index (χ0n) is 12.9. The molecule has 0 bridgehead atoms. The number of hydrogen-bond acceptors (Lipinski definition) is 3. The Morgan fingerprint density at radius 1 is 1.00 bits per heavy atom. The van der Waals surface area contributed by atoms with Crippen LogP contribution in [0.1, 0.15) is 25.1 Å². The standard InChI is InChI=1S/C19H15BrN2O/c1-19(2)22-18(14-11-13(20)8-10-17(14)23-19)16-9-7-12-5-3-4-6-15(12)21-16/h3-11H,1-2H3. The van der Waals surface area contributed by atoms with Gasteiger partial charge in [0.2, 0.25) is 0 Å². The number of nitrogens with zero attached hydrogens (tertiary/aromatic N) is 2. The second-order valence-corrected chi connectivity index (χ2v) is 6.95. The number of benzene rings is 2. The van der Waals surface area contributed by atoms with Gasteiger partial charge in [0.1, 0.15) is 5.75 Å². The Bertz CT molecular complexity index is 947. The number of halogens is 1. The summed E-state index contributed by atoms with van der Waals surface area (Å²) in [6.45, 7) is 3.91. The Hall–Kier alpha value is -2.20. The van der Waals surface area contributed by atoms with Gasteiger partial charge in [0.05, 0.1) is 16.9 Å². The molecule has 1 aromatic heterocycles. The smallest absolute Gasteiger partial charge is 0.195 e. The van der Waals surface area contributed by atoms with Crippen LogP contribution in [0.2, 0.25) is 0 Å². The minimum Gasteiger partial charge on any atom is -0.466 e. The fourth-order valence-electron chi connectivity index (χ4n) is 2.79. The number of fused-ring (bicyclic) bond motifs is 2. The van der Waals surface area contributed by atoms with Gasteiger partial charge >= 0.3 is 0 Å². The summed E-state index contributed by atoms with van der Waals surface area (Å²) in [5.74, 6) is 0.832. The molecule has 3 nitrogen and oxygen atoms in total. The summed E-state index contributed by atoms with van der Waals surface area (Å²) < 4.78 is 6.97. The van der Waals surface area contributed by atoms with Crippen LogP contribution in [0.4, 0.5) is 0 Å². The predicted octanol–water partition coefficient (Wildman–Crippen LogP) is 4.96. The molecule has 0 saturated heterocycles. The summed E-state index contributed by atoms with van der Waals surface area (Å²) in [6, 6.07) is 18.2. The molecule has 0 fully saturated rings. The molecular formula is C19H15BrN2O. The van der Waals surface area contributed by atoms with Crippen LogP contribution in [0.15, 0.2) is 64.1 Å². The van der Waals surface area contributed by atoms with Gasteiger partial charge in [0, 0.05) is 15.4 Å². The molecule has 0 aliphatic carbocycles. The highest BCUT2D eigenvalue weighted by Crippen LogP contribution is 2.34. The lowest BCUT2D eigenvalue weighted by Crippen LogP contribution is -2.32.